The lowest BCUT2D eigenvalue weighted by Crippen LogP contribution is -2.45. The van der Waals surface area contributed by atoms with Gasteiger partial charge in [0.05, 0.1) is 12.7 Å². The lowest BCUT2D eigenvalue weighted by molar-refractivity contribution is 0.0940. The number of methoxy groups -OCH3 is 1. The van der Waals surface area contributed by atoms with E-state index in [0.29, 0.717) is 12.2 Å². The fraction of sp³-hybridized carbons (Fsp3) is 0.421. The average Bonchev–Trinajstić information content (AvgIpc) is 2.60. The molecule has 2 aromatic carbocycles. The van der Waals surface area contributed by atoms with Gasteiger partial charge in [-0.15, -0.1) is 0 Å². The molecule has 1 aliphatic rings. The van der Waals surface area contributed by atoms with Crippen molar-refractivity contribution in [3.8, 4) is 5.75 Å². The predicted molar refractivity (Wildman–Crippen MR) is 93.4 cm³/mol. The molecule has 23 heavy (non-hydrogen) atoms. The van der Waals surface area contributed by atoms with Crippen molar-refractivity contribution in [1.82, 2.24) is 9.80 Å². The second kappa shape index (κ2) is 7.11. The fourth-order valence-corrected chi connectivity index (χ4v) is 3.17. The van der Waals surface area contributed by atoms with Crippen molar-refractivity contribution in [1.29, 1.82) is 0 Å². The molecule has 0 unspecified atom stereocenters. The molecule has 0 spiro atoms. The minimum Gasteiger partial charge on any atom is -0.496 e. The molecule has 1 saturated heterocycles. The maximum absolute atomic E-state index is 12.8. The Morgan fingerprint density at radius 2 is 1.83 bits per heavy atom. The molecule has 4 heteroatoms. The van der Waals surface area contributed by atoms with Crippen molar-refractivity contribution in [3.05, 3.63) is 42.0 Å². The molecule has 0 atom stereocenters. The van der Waals surface area contributed by atoms with E-state index in [1.54, 1.807) is 7.11 Å². The molecule has 0 amide bonds. The van der Waals surface area contributed by atoms with E-state index >= 15 is 0 Å². The maximum atomic E-state index is 12.8. The van der Waals surface area contributed by atoms with E-state index in [9.17, 15) is 4.79 Å². The van der Waals surface area contributed by atoms with Crippen LogP contribution < -0.4 is 4.74 Å². The monoisotopic (exact) mass is 312 g/mol. The average molecular weight is 312 g/mol. The van der Waals surface area contributed by atoms with Crippen LogP contribution in [0.25, 0.3) is 10.8 Å². The third-order valence-electron chi connectivity index (χ3n) is 4.64. The number of benzene rings is 2. The van der Waals surface area contributed by atoms with E-state index < -0.39 is 0 Å². The molecule has 0 bridgehead atoms. The minimum absolute atomic E-state index is 0.164. The van der Waals surface area contributed by atoms with Crippen molar-refractivity contribution in [2.45, 2.75) is 6.42 Å². The van der Waals surface area contributed by atoms with E-state index in [2.05, 4.69) is 16.8 Å². The summed E-state index contributed by atoms with van der Waals surface area (Å²) in [5, 5.41) is 2.06. The first-order valence-corrected chi connectivity index (χ1v) is 8.19. The molecular formula is C19H24N2O2. The zero-order valence-corrected chi connectivity index (χ0v) is 13.9. The summed E-state index contributed by atoms with van der Waals surface area (Å²) in [5.74, 6) is 0.838. The molecule has 1 heterocycles. The molecule has 4 nitrogen and oxygen atoms in total. The van der Waals surface area contributed by atoms with Crippen LogP contribution in [0.15, 0.2) is 36.4 Å². The topological polar surface area (TPSA) is 32.8 Å². The number of nitrogens with zero attached hydrogens (tertiary/aromatic N) is 2. The number of hydrogen-bond donors (Lipinski definition) is 0. The molecule has 0 saturated carbocycles. The zero-order valence-electron chi connectivity index (χ0n) is 13.9. The normalized spacial score (nSPS) is 16.6. The summed E-state index contributed by atoms with van der Waals surface area (Å²) in [6, 6.07) is 11.9. The number of piperazine rings is 1. The summed E-state index contributed by atoms with van der Waals surface area (Å²) in [7, 11) is 3.77. The second-order valence-electron chi connectivity index (χ2n) is 6.18. The number of Topliss-reactive ketones (excluding diaryl/α,β-unsaturated/α-hetero) is 1. The van der Waals surface area contributed by atoms with Crippen LogP contribution in [0, 0.1) is 0 Å². The quantitative estimate of drug-likeness (QED) is 0.795. The van der Waals surface area contributed by atoms with Gasteiger partial charge in [-0.1, -0.05) is 30.3 Å². The third kappa shape index (κ3) is 3.54. The largest absolute Gasteiger partial charge is 0.496 e. The van der Waals surface area contributed by atoms with Gasteiger partial charge in [-0.2, -0.15) is 0 Å². The van der Waals surface area contributed by atoms with Crippen molar-refractivity contribution < 1.29 is 9.53 Å². The van der Waals surface area contributed by atoms with Crippen LogP contribution >= 0.6 is 0 Å². The van der Waals surface area contributed by atoms with Gasteiger partial charge in [0, 0.05) is 39.1 Å². The number of fused-ring (bicyclic) bond motifs is 1. The number of rotatable bonds is 5. The first-order chi connectivity index (χ1) is 11.2. The van der Waals surface area contributed by atoms with Gasteiger partial charge < -0.3 is 14.5 Å². The molecule has 0 radical (unpaired) electrons. The van der Waals surface area contributed by atoms with Crippen LogP contribution in [-0.4, -0.2) is 62.5 Å². The van der Waals surface area contributed by atoms with E-state index in [-0.39, 0.29) is 5.78 Å². The molecule has 122 valence electrons. The Hall–Kier alpha value is -1.91. The number of likely N-dealkylation sites (N-methyl/N-ethyl adjacent to an activating group) is 1. The van der Waals surface area contributed by atoms with Crippen LogP contribution in [0.2, 0.25) is 0 Å². The van der Waals surface area contributed by atoms with Gasteiger partial charge in [-0.25, -0.2) is 0 Å². The molecule has 3 rings (SSSR count). The van der Waals surface area contributed by atoms with Gasteiger partial charge in [0.1, 0.15) is 5.75 Å². The van der Waals surface area contributed by atoms with Gasteiger partial charge in [-0.05, 0) is 23.9 Å². The molecule has 1 fully saturated rings. The Kier molecular flexibility index (Phi) is 4.94. The van der Waals surface area contributed by atoms with Gasteiger partial charge in [0.2, 0.25) is 0 Å². The summed E-state index contributed by atoms with van der Waals surface area (Å²) in [5.41, 5.74) is 0.722. The fourth-order valence-electron chi connectivity index (χ4n) is 3.17. The van der Waals surface area contributed by atoms with E-state index in [1.165, 1.54) is 0 Å². The van der Waals surface area contributed by atoms with Gasteiger partial charge in [0.15, 0.2) is 5.78 Å². The summed E-state index contributed by atoms with van der Waals surface area (Å²) in [4.78, 5) is 17.5. The van der Waals surface area contributed by atoms with Crippen LogP contribution in [-0.2, 0) is 0 Å². The highest BCUT2D eigenvalue weighted by Crippen LogP contribution is 2.29. The van der Waals surface area contributed by atoms with Gasteiger partial charge >= 0.3 is 0 Å². The van der Waals surface area contributed by atoms with Gasteiger partial charge in [-0.3, -0.25) is 4.79 Å². The summed E-state index contributed by atoms with van der Waals surface area (Å²) in [6.07, 6.45) is 0.536. The standard InChI is InChI=1S/C19H24N2O2/c1-20-11-13-21(14-12-20)10-9-17(22)19-16-6-4-3-5-15(16)7-8-18(19)23-2/h3-8H,9-14H2,1-2H3. The van der Waals surface area contributed by atoms with Crippen molar-refractivity contribution >= 4 is 16.6 Å². The van der Waals surface area contributed by atoms with Crippen LogP contribution in [0.3, 0.4) is 0 Å². The zero-order chi connectivity index (χ0) is 16.2. The summed E-state index contributed by atoms with van der Waals surface area (Å²) < 4.78 is 5.44. The summed E-state index contributed by atoms with van der Waals surface area (Å²) in [6.45, 7) is 5.05. The second-order valence-corrected chi connectivity index (χ2v) is 6.18. The highest BCUT2D eigenvalue weighted by atomic mass is 16.5. The lowest BCUT2D eigenvalue weighted by Gasteiger charge is -2.32. The molecule has 2 aromatic rings. The predicted octanol–water partition coefficient (Wildman–Crippen LogP) is 2.67. The highest BCUT2D eigenvalue weighted by molar-refractivity contribution is 6.10. The Bertz CT molecular complexity index is 691. The smallest absolute Gasteiger partial charge is 0.168 e. The molecular weight excluding hydrogens is 288 g/mol. The Morgan fingerprint density at radius 1 is 1.09 bits per heavy atom. The van der Waals surface area contributed by atoms with Gasteiger partial charge in [0.25, 0.3) is 0 Å². The number of hydrogen-bond acceptors (Lipinski definition) is 4. The molecule has 1 aliphatic heterocycles. The van der Waals surface area contributed by atoms with Crippen LogP contribution in [0.4, 0.5) is 0 Å². The number of ketones is 1. The number of carbonyl (C=O) groups is 1. The number of carbonyl (C=O) groups excluding carboxylic acids is 1. The minimum atomic E-state index is 0.164. The van der Waals surface area contributed by atoms with E-state index in [0.717, 1.165) is 49.1 Å². The van der Waals surface area contributed by atoms with Crippen LogP contribution in [0.5, 0.6) is 5.75 Å². The first kappa shape index (κ1) is 16.0. The SMILES string of the molecule is COc1ccc2ccccc2c1C(=O)CCN1CCN(C)CC1. The number of ether oxygens (including phenoxy) is 1. The molecule has 0 aromatic heterocycles. The Labute approximate surface area is 137 Å². The molecule has 0 aliphatic carbocycles. The lowest BCUT2D eigenvalue weighted by atomic mass is 9.98. The van der Waals surface area contributed by atoms with E-state index in [1.807, 2.05) is 36.4 Å². The molecule has 0 N–H and O–H groups in total. The highest BCUT2D eigenvalue weighted by Gasteiger charge is 2.19. The Balaban J connectivity index is 1.77. The third-order valence-corrected chi connectivity index (χ3v) is 4.64. The Morgan fingerprint density at radius 3 is 2.57 bits per heavy atom. The van der Waals surface area contributed by atoms with Crippen molar-refractivity contribution in [2.75, 3.05) is 46.9 Å². The maximum Gasteiger partial charge on any atom is 0.168 e. The van der Waals surface area contributed by atoms with E-state index in [4.69, 9.17) is 4.74 Å². The summed E-state index contributed by atoms with van der Waals surface area (Å²) >= 11 is 0. The first-order valence-electron chi connectivity index (χ1n) is 8.19. The van der Waals surface area contributed by atoms with Crippen LogP contribution in [0.1, 0.15) is 16.8 Å². The van der Waals surface area contributed by atoms with Crippen molar-refractivity contribution in [2.24, 2.45) is 0 Å². The van der Waals surface area contributed by atoms with Crippen molar-refractivity contribution in [3.63, 3.8) is 0 Å².